The second kappa shape index (κ2) is 9.55. The molecule has 0 amide bonds. The van der Waals surface area contributed by atoms with E-state index in [2.05, 4.69) is 58.3 Å². The molecule has 1 fully saturated rings. The summed E-state index contributed by atoms with van der Waals surface area (Å²) in [4.78, 5) is 9.21. The number of nitrogens with one attached hydrogen (secondary N) is 2. The maximum Gasteiger partial charge on any atom is 0.191 e. The number of aliphatic imine (C=N–C) groups is 1. The first-order valence-electron chi connectivity index (χ1n) is 9.88. The molecule has 3 rings (SSSR count). The van der Waals surface area contributed by atoms with Crippen molar-refractivity contribution in [3.63, 3.8) is 0 Å². The molecule has 6 nitrogen and oxygen atoms in total. The van der Waals surface area contributed by atoms with Crippen LogP contribution in [0.4, 0.5) is 0 Å². The van der Waals surface area contributed by atoms with Crippen LogP contribution in [0.1, 0.15) is 38.1 Å². The highest BCUT2D eigenvalue weighted by atomic mass is 16.5. The van der Waals surface area contributed by atoms with Gasteiger partial charge in [-0.05, 0) is 38.7 Å². The van der Waals surface area contributed by atoms with E-state index in [4.69, 9.17) is 9.73 Å². The lowest BCUT2D eigenvalue weighted by Crippen LogP contribution is -2.45. The molecule has 1 aromatic heterocycles. The Morgan fingerprint density at radius 3 is 2.89 bits per heavy atom. The molecule has 1 saturated heterocycles. The Morgan fingerprint density at radius 2 is 2.15 bits per heavy atom. The minimum atomic E-state index is -0.0929. The zero-order chi connectivity index (χ0) is 19.0. The van der Waals surface area contributed by atoms with Crippen LogP contribution in [0.15, 0.2) is 47.7 Å². The van der Waals surface area contributed by atoms with Gasteiger partial charge in [0.15, 0.2) is 5.96 Å². The maximum absolute atomic E-state index is 5.85. The van der Waals surface area contributed by atoms with Crippen molar-refractivity contribution in [2.24, 2.45) is 4.99 Å². The van der Waals surface area contributed by atoms with Gasteiger partial charge >= 0.3 is 0 Å². The molecule has 146 valence electrons. The molecule has 1 unspecified atom stereocenters. The topological polar surface area (TPSA) is 63.5 Å². The van der Waals surface area contributed by atoms with E-state index in [-0.39, 0.29) is 5.60 Å². The van der Waals surface area contributed by atoms with Crippen LogP contribution >= 0.6 is 0 Å². The van der Waals surface area contributed by atoms with Crippen molar-refractivity contribution in [1.82, 2.24) is 20.2 Å². The molecule has 2 aromatic rings. The van der Waals surface area contributed by atoms with Crippen LogP contribution in [0.3, 0.4) is 0 Å². The van der Waals surface area contributed by atoms with Gasteiger partial charge < -0.3 is 19.9 Å². The van der Waals surface area contributed by atoms with E-state index >= 15 is 0 Å². The minimum absolute atomic E-state index is 0.0929. The van der Waals surface area contributed by atoms with Gasteiger partial charge in [0.25, 0.3) is 0 Å². The third kappa shape index (κ3) is 5.82. The summed E-state index contributed by atoms with van der Waals surface area (Å²) in [6, 6.07) is 10.5. The predicted octanol–water partition coefficient (Wildman–Crippen LogP) is 2.75. The highest BCUT2D eigenvalue weighted by molar-refractivity contribution is 5.79. The monoisotopic (exact) mass is 369 g/mol. The highest BCUT2D eigenvalue weighted by Crippen LogP contribution is 2.23. The Balaban J connectivity index is 1.56. The Morgan fingerprint density at radius 1 is 1.30 bits per heavy atom. The standard InChI is InChI=1S/C21H31N5O/c1-3-22-20(25-17-21(2)11-7-15-27-21)24-16-19-23-12-14-26(19)13-10-18-8-5-4-6-9-18/h4-6,8-9,12,14H,3,7,10-11,13,15-17H2,1-2H3,(H2,22,24,25). The van der Waals surface area contributed by atoms with E-state index in [9.17, 15) is 0 Å². The molecule has 2 N–H and O–H groups in total. The number of hydrogen-bond acceptors (Lipinski definition) is 3. The number of rotatable bonds is 8. The first kappa shape index (κ1) is 19.4. The van der Waals surface area contributed by atoms with Crippen molar-refractivity contribution in [3.8, 4) is 0 Å². The van der Waals surface area contributed by atoms with E-state index in [0.717, 1.165) is 57.3 Å². The van der Waals surface area contributed by atoms with Crippen LogP contribution < -0.4 is 10.6 Å². The summed E-state index contributed by atoms with van der Waals surface area (Å²) in [5, 5.41) is 6.73. The fraction of sp³-hybridized carbons (Fsp3) is 0.524. The smallest absolute Gasteiger partial charge is 0.191 e. The summed E-state index contributed by atoms with van der Waals surface area (Å²) in [6.07, 6.45) is 7.08. The molecule has 0 bridgehead atoms. The fourth-order valence-corrected chi connectivity index (χ4v) is 3.33. The summed E-state index contributed by atoms with van der Waals surface area (Å²) in [6.45, 7) is 8.13. The van der Waals surface area contributed by atoms with Gasteiger partial charge in [-0.1, -0.05) is 30.3 Å². The fourth-order valence-electron chi connectivity index (χ4n) is 3.33. The van der Waals surface area contributed by atoms with Crippen molar-refractivity contribution >= 4 is 5.96 Å². The molecule has 0 spiro atoms. The van der Waals surface area contributed by atoms with Gasteiger partial charge in [-0.2, -0.15) is 0 Å². The maximum atomic E-state index is 5.85. The number of hydrogen-bond donors (Lipinski definition) is 2. The molecule has 0 aliphatic carbocycles. The van der Waals surface area contributed by atoms with Crippen molar-refractivity contribution < 1.29 is 4.74 Å². The summed E-state index contributed by atoms with van der Waals surface area (Å²) in [5.41, 5.74) is 1.24. The van der Waals surface area contributed by atoms with Crippen LogP contribution in [0.25, 0.3) is 0 Å². The number of ether oxygens (including phenoxy) is 1. The SMILES string of the molecule is CCNC(=NCc1nccn1CCc1ccccc1)NCC1(C)CCCO1. The summed E-state index contributed by atoms with van der Waals surface area (Å²) >= 11 is 0. The van der Waals surface area contributed by atoms with Gasteiger partial charge in [-0.3, -0.25) is 0 Å². The molecular formula is C21H31N5O. The van der Waals surface area contributed by atoms with E-state index in [1.165, 1.54) is 5.56 Å². The summed E-state index contributed by atoms with van der Waals surface area (Å²) < 4.78 is 8.03. The number of aryl methyl sites for hydroxylation is 2. The normalized spacial score (nSPS) is 20.0. The second-order valence-electron chi connectivity index (χ2n) is 7.22. The molecule has 1 aliphatic heterocycles. The second-order valence-corrected chi connectivity index (χ2v) is 7.22. The van der Waals surface area contributed by atoms with Crippen molar-refractivity contribution in [2.45, 2.75) is 51.8 Å². The van der Waals surface area contributed by atoms with Gasteiger partial charge in [-0.15, -0.1) is 0 Å². The number of nitrogens with zero attached hydrogens (tertiary/aromatic N) is 3. The zero-order valence-electron chi connectivity index (χ0n) is 16.4. The Hall–Kier alpha value is -2.34. The van der Waals surface area contributed by atoms with Crippen LogP contribution in [-0.2, 0) is 24.2 Å². The number of guanidine groups is 1. The van der Waals surface area contributed by atoms with E-state index in [0.29, 0.717) is 6.54 Å². The van der Waals surface area contributed by atoms with E-state index in [1.807, 2.05) is 18.5 Å². The van der Waals surface area contributed by atoms with Crippen LogP contribution in [0.2, 0.25) is 0 Å². The largest absolute Gasteiger partial charge is 0.373 e. The lowest BCUT2D eigenvalue weighted by atomic mass is 10.0. The van der Waals surface area contributed by atoms with Gasteiger partial charge in [0.2, 0.25) is 0 Å². The molecule has 2 heterocycles. The molecule has 6 heteroatoms. The molecule has 1 aliphatic rings. The van der Waals surface area contributed by atoms with Gasteiger partial charge in [0, 0.05) is 38.6 Å². The molecule has 1 atom stereocenters. The van der Waals surface area contributed by atoms with Crippen molar-refractivity contribution in [3.05, 3.63) is 54.1 Å². The molecular weight excluding hydrogens is 338 g/mol. The lowest BCUT2D eigenvalue weighted by Gasteiger charge is -2.24. The third-order valence-electron chi connectivity index (χ3n) is 4.94. The number of imidazole rings is 1. The number of benzene rings is 1. The molecule has 0 radical (unpaired) electrons. The highest BCUT2D eigenvalue weighted by Gasteiger charge is 2.29. The van der Waals surface area contributed by atoms with Crippen LogP contribution in [0, 0.1) is 0 Å². The van der Waals surface area contributed by atoms with Crippen molar-refractivity contribution in [1.29, 1.82) is 0 Å². The quantitative estimate of drug-likeness (QED) is 0.555. The summed E-state index contributed by atoms with van der Waals surface area (Å²) in [5.74, 6) is 1.79. The first-order valence-corrected chi connectivity index (χ1v) is 9.88. The molecule has 1 aromatic carbocycles. The molecule has 27 heavy (non-hydrogen) atoms. The van der Waals surface area contributed by atoms with E-state index in [1.54, 1.807) is 0 Å². The van der Waals surface area contributed by atoms with Gasteiger partial charge in [0.05, 0.1) is 5.60 Å². The van der Waals surface area contributed by atoms with E-state index < -0.39 is 0 Å². The van der Waals surface area contributed by atoms with Crippen LogP contribution in [0.5, 0.6) is 0 Å². The minimum Gasteiger partial charge on any atom is -0.373 e. The van der Waals surface area contributed by atoms with Gasteiger partial charge in [-0.25, -0.2) is 9.98 Å². The first-order chi connectivity index (χ1) is 13.2. The Labute approximate surface area is 162 Å². The Kier molecular flexibility index (Phi) is 6.87. The lowest BCUT2D eigenvalue weighted by molar-refractivity contribution is 0.0243. The average Bonchev–Trinajstić information content (AvgIpc) is 3.32. The van der Waals surface area contributed by atoms with Crippen molar-refractivity contribution in [2.75, 3.05) is 19.7 Å². The summed E-state index contributed by atoms with van der Waals surface area (Å²) in [7, 11) is 0. The van der Waals surface area contributed by atoms with Gasteiger partial charge in [0.1, 0.15) is 12.4 Å². The number of aromatic nitrogens is 2. The third-order valence-corrected chi connectivity index (χ3v) is 4.94. The van der Waals surface area contributed by atoms with Crippen LogP contribution in [-0.4, -0.2) is 40.8 Å². The zero-order valence-corrected chi connectivity index (χ0v) is 16.4. The average molecular weight is 370 g/mol. The molecule has 0 saturated carbocycles. The predicted molar refractivity (Wildman–Crippen MR) is 109 cm³/mol. The Bertz CT molecular complexity index is 719.